The molecule has 20 heavy (non-hydrogen) atoms. The van der Waals surface area contributed by atoms with E-state index in [2.05, 4.69) is 0 Å². The van der Waals surface area contributed by atoms with Crippen LogP contribution in [0.2, 0.25) is 0 Å². The van der Waals surface area contributed by atoms with Crippen molar-refractivity contribution in [1.29, 1.82) is 0 Å². The van der Waals surface area contributed by atoms with Crippen LogP contribution in [-0.4, -0.2) is 48.8 Å². The van der Waals surface area contributed by atoms with E-state index in [1.807, 2.05) is 0 Å². The van der Waals surface area contributed by atoms with E-state index in [9.17, 15) is 13.8 Å². The first-order valence-corrected chi connectivity index (χ1v) is 8.49. The van der Waals surface area contributed by atoms with Gasteiger partial charge in [0, 0.05) is 13.2 Å². The Hall–Kier alpha value is -0.490. The van der Waals surface area contributed by atoms with Gasteiger partial charge in [0.25, 0.3) is 7.37 Å². The molecule has 0 heterocycles. The first-order chi connectivity index (χ1) is 9.38. The molecule has 8 heteroatoms. The number of ether oxygens (including phenoxy) is 2. The average Bonchev–Trinajstić information content (AvgIpc) is 2.39. The molecule has 3 atom stereocenters. The summed E-state index contributed by atoms with van der Waals surface area (Å²) in [6, 6.07) is -1.25. The number of hydrogen-bond donors (Lipinski definition) is 1. The number of aliphatic carboxylic acids is 1. The Kier molecular flexibility index (Phi) is 9.22. The molecule has 0 rings (SSSR count). The van der Waals surface area contributed by atoms with Gasteiger partial charge >= 0.3 is 5.97 Å². The quantitative estimate of drug-likeness (QED) is 0.466. The highest BCUT2D eigenvalue weighted by molar-refractivity contribution is 7.60. The summed E-state index contributed by atoms with van der Waals surface area (Å²) in [5.74, 6) is -1.66. The number of carbonyl (C=O) groups is 1. The van der Waals surface area contributed by atoms with Crippen LogP contribution < -0.4 is 0 Å². The molecule has 0 aliphatic heterocycles. The highest BCUT2D eigenvalue weighted by atomic mass is 31.2. The molecule has 0 aliphatic carbocycles. The van der Waals surface area contributed by atoms with Gasteiger partial charge in [-0.15, -0.1) is 0 Å². The van der Waals surface area contributed by atoms with Crippen molar-refractivity contribution >= 4 is 13.3 Å². The van der Waals surface area contributed by atoms with E-state index < -0.39 is 31.2 Å². The Labute approximate surface area is 119 Å². The number of rotatable bonds is 11. The van der Waals surface area contributed by atoms with E-state index in [-0.39, 0.29) is 26.2 Å². The van der Waals surface area contributed by atoms with Gasteiger partial charge < -0.3 is 19.1 Å². The SMILES string of the molecule is CCOC(OCC)P(=O)(OCC)C(CC)C(F)C(=O)O. The molecule has 3 unspecified atom stereocenters. The standard InChI is InChI=1S/C12H24FO6P/c1-5-9(10(13)11(14)15)20(16,19-8-4)12(17-6-2)18-7-3/h9-10,12H,5-8H2,1-4H3,(H,14,15). The molecular weight excluding hydrogens is 290 g/mol. The van der Waals surface area contributed by atoms with Crippen molar-refractivity contribution in [3.63, 3.8) is 0 Å². The monoisotopic (exact) mass is 314 g/mol. The lowest BCUT2D eigenvalue weighted by Gasteiger charge is -2.32. The van der Waals surface area contributed by atoms with Crippen LogP contribution in [0.25, 0.3) is 0 Å². The Balaban J connectivity index is 5.49. The van der Waals surface area contributed by atoms with E-state index in [0.717, 1.165) is 0 Å². The minimum Gasteiger partial charge on any atom is -0.479 e. The molecular formula is C12H24FO6P. The molecule has 0 saturated heterocycles. The zero-order chi connectivity index (χ0) is 15.8. The number of hydrogen-bond acceptors (Lipinski definition) is 5. The predicted molar refractivity (Wildman–Crippen MR) is 72.9 cm³/mol. The second-order valence-electron chi connectivity index (χ2n) is 4.00. The lowest BCUT2D eigenvalue weighted by atomic mass is 10.2. The van der Waals surface area contributed by atoms with Crippen LogP contribution in [0, 0.1) is 0 Å². The molecule has 0 amide bonds. The Morgan fingerprint density at radius 2 is 1.65 bits per heavy atom. The van der Waals surface area contributed by atoms with Crippen LogP contribution in [0.3, 0.4) is 0 Å². The van der Waals surface area contributed by atoms with Gasteiger partial charge in [0.15, 0.2) is 0 Å². The van der Waals surface area contributed by atoms with Crippen molar-refractivity contribution < 1.29 is 32.9 Å². The molecule has 0 aromatic rings. The predicted octanol–water partition coefficient (Wildman–Crippen LogP) is 2.86. The third kappa shape index (κ3) is 4.81. The van der Waals surface area contributed by atoms with Crippen LogP contribution in [0.4, 0.5) is 4.39 Å². The maximum Gasteiger partial charge on any atom is 0.339 e. The van der Waals surface area contributed by atoms with Crippen LogP contribution in [0.15, 0.2) is 0 Å². The molecule has 120 valence electrons. The Morgan fingerprint density at radius 3 is 1.95 bits per heavy atom. The largest absolute Gasteiger partial charge is 0.479 e. The van der Waals surface area contributed by atoms with Crippen LogP contribution in [0.5, 0.6) is 0 Å². The zero-order valence-corrected chi connectivity index (χ0v) is 13.3. The van der Waals surface area contributed by atoms with E-state index in [0.29, 0.717) is 0 Å². The molecule has 0 aromatic carbocycles. The summed E-state index contributed by atoms with van der Waals surface area (Å²) in [6.45, 7) is 6.95. The highest BCUT2D eigenvalue weighted by Gasteiger charge is 2.49. The normalized spacial score (nSPS) is 17.7. The second kappa shape index (κ2) is 9.45. The molecule has 0 radical (unpaired) electrons. The van der Waals surface area contributed by atoms with Crippen molar-refractivity contribution in [2.45, 2.75) is 52.0 Å². The summed E-state index contributed by atoms with van der Waals surface area (Å²) in [7, 11) is -3.78. The summed E-state index contributed by atoms with van der Waals surface area (Å²) < 4.78 is 42.6. The minimum absolute atomic E-state index is 0.0430. The van der Waals surface area contributed by atoms with Crippen molar-refractivity contribution in [2.75, 3.05) is 19.8 Å². The van der Waals surface area contributed by atoms with Crippen molar-refractivity contribution in [1.82, 2.24) is 0 Å². The van der Waals surface area contributed by atoms with Crippen LogP contribution >= 0.6 is 7.37 Å². The summed E-state index contributed by atoms with van der Waals surface area (Å²) >= 11 is 0. The van der Waals surface area contributed by atoms with Gasteiger partial charge in [0.05, 0.1) is 12.3 Å². The molecule has 0 fully saturated rings. The first-order valence-electron chi connectivity index (χ1n) is 6.72. The van der Waals surface area contributed by atoms with E-state index in [1.54, 1.807) is 27.7 Å². The van der Waals surface area contributed by atoms with Crippen LogP contribution in [-0.2, 0) is 23.4 Å². The fourth-order valence-electron chi connectivity index (χ4n) is 1.86. The van der Waals surface area contributed by atoms with Crippen LogP contribution in [0.1, 0.15) is 34.1 Å². The Morgan fingerprint density at radius 1 is 1.15 bits per heavy atom. The van der Waals surface area contributed by atoms with Crippen molar-refractivity contribution in [3.8, 4) is 0 Å². The van der Waals surface area contributed by atoms with Crippen molar-refractivity contribution in [2.24, 2.45) is 0 Å². The van der Waals surface area contributed by atoms with Gasteiger partial charge in [-0.25, -0.2) is 9.18 Å². The van der Waals surface area contributed by atoms with Gasteiger partial charge in [0.2, 0.25) is 12.2 Å². The summed E-state index contributed by atoms with van der Waals surface area (Å²) in [5, 5.41) is 8.82. The fraction of sp³-hybridized carbons (Fsp3) is 0.917. The fourth-order valence-corrected chi connectivity index (χ4v) is 4.61. The number of carboxylic acid groups (broad SMARTS) is 1. The third-order valence-electron chi connectivity index (χ3n) is 2.70. The highest BCUT2D eigenvalue weighted by Crippen LogP contribution is 2.59. The molecule has 0 saturated carbocycles. The number of halogens is 1. The molecule has 0 bridgehead atoms. The number of alkyl halides is 1. The van der Waals surface area contributed by atoms with E-state index >= 15 is 0 Å². The molecule has 0 aromatic heterocycles. The summed E-state index contributed by atoms with van der Waals surface area (Å²) in [5.41, 5.74) is -1.30. The minimum atomic E-state index is -3.78. The van der Waals surface area contributed by atoms with E-state index in [1.165, 1.54) is 0 Å². The lowest BCUT2D eigenvalue weighted by molar-refractivity contribution is -0.143. The summed E-state index contributed by atoms with van der Waals surface area (Å²) in [4.78, 5) is 10.9. The number of carboxylic acids is 1. The second-order valence-corrected chi connectivity index (χ2v) is 6.63. The van der Waals surface area contributed by atoms with Gasteiger partial charge in [-0.1, -0.05) is 6.92 Å². The lowest BCUT2D eigenvalue weighted by Crippen LogP contribution is -2.35. The maximum absolute atomic E-state index is 13.9. The topological polar surface area (TPSA) is 82.1 Å². The van der Waals surface area contributed by atoms with Gasteiger partial charge in [-0.3, -0.25) is 4.57 Å². The van der Waals surface area contributed by atoms with Crippen molar-refractivity contribution in [3.05, 3.63) is 0 Å². The molecule has 1 N–H and O–H groups in total. The Bertz CT molecular complexity index is 332. The van der Waals surface area contributed by atoms with Gasteiger partial charge in [-0.2, -0.15) is 0 Å². The van der Waals surface area contributed by atoms with E-state index in [4.69, 9.17) is 19.1 Å². The first kappa shape index (κ1) is 19.5. The zero-order valence-electron chi connectivity index (χ0n) is 12.4. The third-order valence-corrected chi connectivity index (χ3v) is 5.80. The smallest absolute Gasteiger partial charge is 0.339 e. The molecule has 6 nitrogen and oxygen atoms in total. The average molecular weight is 314 g/mol. The maximum atomic E-state index is 13.9. The molecule has 0 aliphatic rings. The van der Waals surface area contributed by atoms with Gasteiger partial charge in [0.1, 0.15) is 0 Å². The molecule has 0 spiro atoms. The summed E-state index contributed by atoms with van der Waals surface area (Å²) in [6.07, 6.45) is -2.25. The van der Waals surface area contributed by atoms with Gasteiger partial charge in [-0.05, 0) is 27.2 Å².